The highest BCUT2D eigenvalue weighted by Gasteiger charge is 2.34. The molecule has 0 fully saturated rings. The Kier molecular flexibility index (Phi) is 5.41. The molecular weight excluding hydrogens is 352 g/mol. The largest absolute Gasteiger partial charge is 0.326 e. The topological polar surface area (TPSA) is 104 Å². The summed E-state index contributed by atoms with van der Waals surface area (Å²) in [5, 5.41) is 5.82. The lowest BCUT2D eigenvalue weighted by atomic mass is 9.92. The molecule has 3 N–H and O–H groups in total. The van der Waals surface area contributed by atoms with Crippen molar-refractivity contribution in [1.29, 1.82) is 0 Å². The molecule has 2 aromatic rings. The Morgan fingerprint density at radius 1 is 1.31 bits per heavy atom. The monoisotopic (exact) mass is 372 g/mol. The maximum atomic E-state index is 12.7. The fraction of sp³-hybridized carbons (Fsp3) is 0.333. The summed E-state index contributed by atoms with van der Waals surface area (Å²) in [6.45, 7) is 3.98. The summed E-state index contributed by atoms with van der Waals surface area (Å²) in [5.74, 6) is -0.626. The lowest BCUT2D eigenvalue weighted by Gasteiger charge is -2.23. The molecule has 1 aromatic carbocycles. The third kappa shape index (κ3) is 3.96. The number of hydrogen-bond acceptors (Lipinski definition) is 5. The van der Waals surface area contributed by atoms with Gasteiger partial charge in [0.05, 0.1) is 11.5 Å². The van der Waals surface area contributed by atoms with Gasteiger partial charge in [-0.2, -0.15) is 0 Å². The van der Waals surface area contributed by atoms with Crippen LogP contribution in [0.15, 0.2) is 34.2 Å². The van der Waals surface area contributed by atoms with E-state index in [9.17, 15) is 14.4 Å². The zero-order valence-electron chi connectivity index (χ0n) is 14.6. The summed E-state index contributed by atoms with van der Waals surface area (Å²) in [4.78, 5) is 44.3. The number of thioether (sulfide) groups is 1. The zero-order valence-corrected chi connectivity index (χ0v) is 15.4. The van der Waals surface area contributed by atoms with E-state index in [0.29, 0.717) is 10.8 Å². The van der Waals surface area contributed by atoms with Crippen LogP contribution in [0.2, 0.25) is 0 Å². The van der Waals surface area contributed by atoms with Crippen LogP contribution >= 0.6 is 11.8 Å². The fourth-order valence-electron chi connectivity index (χ4n) is 2.71. The number of amides is 2. The average molecular weight is 372 g/mol. The Hall–Kier alpha value is -2.61. The maximum Gasteiger partial charge on any atom is 0.257 e. The van der Waals surface area contributed by atoms with Crippen LogP contribution in [0.4, 0.5) is 11.5 Å². The number of nitrogens with one attached hydrogen (secondary N) is 3. The lowest BCUT2D eigenvalue weighted by molar-refractivity contribution is -0.123. The number of hydrogen-bond donors (Lipinski definition) is 3. The Morgan fingerprint density at radius 3 is 2.73 bits per heavy atom. The van der Waals surface area contributed by atoms with Crippen LogP contribution < -0.4 is 16.2 Å². The molecule has 2 heterocycles. The van der Waals surface area contributed by atoms with Crippen molar-refractivity contribution in [1.82, 2.24) is 9.97 Å². The number of fused-ring (bicyclic) bond motifs is 1. The SMILES string of the molecule is CCCSc1nc2c(c(=O)[nH]1)[C@H](C(=O)Nc1ccc(C)cc1)CC(=O)N2. The van der Waals surface area contributed by atoms with Gasteiger partial charge in [-0.25, -0.2) is 4.98 Å². The van der Waals surface area contributed by atoms with Crippen LogP contribution in [0.25, 0.3) is 0 Å². The van der Waals surface area contributed by atoms with Crippen molar-refractivity contribution in [2.24, 2.45) is 0 Å². The maximum absolute atomic E-state index is 12.7. The van der Waals surface area contributed by atoms with Gasteiger partial charge in [-0.3, -0.25) is 14.4 Å². The van der Waals surface area contributed by atoms with Gasteiger partial charge in [0.15, 0.2) is 5.16 Å². The molecule has 1 aliphatic heterocycles. The van der Waals surface area contributed by atoms with Gasteiger partial charge in [-0.15, -0.1) is 0 Å². The molecule has 1 atom stereocenters. The second-order valence-electron chi connectivity index (χ2n) is 6.14. The molecule has 3 rings (SSSR count). The number of nitrogens with zero attached hydrogens (tertiary/aromatic N) is 1. The van der Waals surface area contributed by atoms with E-state index < -0.39 is 17.4 Å². The van der Waals surface area contributed by atoms with Crippen LogP contribution in [-0.4, -0.2) is 27.5 Å². The molecule has 0 radical (unpaired) electrons. The molecule has 0 aliphatic carbocycles. The van der Waals surface area contributed by atoms with E-state index in [0.717, 1.165) is 17.7 Å². The summed E-state index contributed by atoms with van der Waals surface area (Å²) >= 11 is 1.40. The highest BCUT2D eigenvalue weighted by molar-refractivity contribution is 7.99. The van der Waals surface area contributed by atoms with Gasteiger partial charge in [-0.1, -0.05) is 36.4 Å². The molecule has 1 aromatic heterocycles. The van der Waals surface area contributed by atoms with E-state index in [1.807, 2.05) is 26.0 Å². The van der Waals surface area contributed by atoms with Crippen molar-refractivity contribution in [2.75, 3.05) is 16.4 Å². The molecule has 136 valence electrons. The molecule has 8 heteroatoms. The lowest BCUT2D eigenvalue weighted by Crippen LogP contribution is -2.36. The van der Waals surface area contributed by atoms with Crippen molar-refractivity contribution in [3.8, 4) is 0 Å². The standard InChI is InChI=1S/C18H20N4O3S/c1-3-8-26-18-21-15-14(17(25)22-18)12(9-13(23)20-15)16(24)19-11-6-4-10(2)5-7-11/h4-7,12H,3,8-9H2,1-2H3,(H,19,24)(H2,20,21,22,23,25)/t12-/m1/s1. The van der Waals surface area contributed by atoms with E-state index >= 15 is 0 Å². The third-order valence-electron chi connectivity index (χ3n) is 4.01. The first kappa shape index (κ1) is 18.2. The Labute approximate surface area is 155 Å². The smallest absolute Gasteiger partial charge is 0.257 e. The Bertz CT molecular complexity index is 892. The highest BCUT2D eigenvalue weighted by Crippen LogP contribution is 2.30. The van der Waals surface area contributed by atoms with Crippen LogP contribution in [0.5, 0.6) is 0 Å². The number of aryl methyl sites for hydroxylation is 1. The summed E-state index contributed by atoms with van der Waals surface area (Å²) in [7, 11) is 0. The molecule has 0 saturated heterocycles. The van der Waals surface area contributed by atoms with Crippen molar-refractivity contribution in [3.05, 3.63) is 45.7 Å². The summed E-state index contributed by atoms with van der Waals surface area (Å²) in [6, 6.07) is 7.32. The molecule has 0 saturated carbocycles. The van der Waals surface area contributed by atoms with Crippen molar-refractivity contribution < 1.29 is 9.59 Å². The van der Waals surface area contributed by atoms with Gasteiger partial charge in [-0.05, 0) is 25.5 Å². The molecule has 26 heavy (non-hydrogen) atoms. The van der Waals surface area contributed by atoms with Crippen LogP contribution in [0, 0.1) is 6.92 Å². The van der Waals surface area contributed by atoms with Crippen LogP contribution in [-0.2, 0) is 9.59 Å². The molecule has 0 spiro atoms. The van der Waals surface area contributed by atoms with E-state index in [4.69, 9.17) is 0 Å². The first-order chi connectivity index (χ1) is 12.5. The van der Waals surface area contributed by atoms with Gasteiger partial charge >= 0.3 is 0 Å². The number of benzene rings is 1. The number of carbonyl (C=O) groups excluding carboxylic acids is 2. The zero-order chi connectivity index (χ0) is 18.7. The fourth-order valence-corrected chi connectivity index (χ4v) is 3.43. The summed E-state index contributed by atoms with van der Waals surface area (Å²) in [6.07, 6.45) is 0.844. The number of aromatic amines is 1. The first-order valence-corrected chi connectivity index (χ1v) is 9.41. The van der Waals surface area contributed by atoms with Gasteiger partial charge in [0.25, 0.3) is 5.56 Å². The number of anilines is 2. The van der Waals surface area contributed by atoms with Crippen molar-refractivity contribution >= 4 is 35.1 Å². The summed E-state index contributed by atoms with van der Waals surface area (Å²) in [5.41, 5.74) is 1.50. The molecule has 0 unspecified atom stereocenters. The molecule has 1 aliphatic rings. The number of H-pyrrole nitrogens is 1. The molecule has 0 bridgehead atoms. The van der Waals surface area contributed by atoms with E-state index in [1.54, 1.807) is 12.1 Å². The number of carbonyl (C=O) groups is 2. The minimum absolute atomic E-state index is 0.0864. The predicted molar refractivity (Wildman–Crippen MR) is 102 cm³/mol. The second-order valence-corrected chi connectivity index (χ2v) is 7.23. The molecule has 2 amide bonds. The van der Waals surface area contributed by atoms with Gasteiger partial charge in [0.2, 0.25) is 11.8 Å². The normalized spacial score (nSPS) is 15.9. The second kappa shape index (κ2) is 7.74. The van der Waals surface area contributed by atoms with E-state index in [2.05, 4.69) is 20.6 Å². The third-order valence-corrected chi connectivity index (χ3v) is 5.09. The quantitative estimate of drug-likeness (QED) is 0.553. The minimum Gasteiger partial charge on any atom is -0.326 e. The van der Waals surface area contributed by atoms with Gasteiger partial charge in [0, 0.05) is 17.9 Å². The highest BCUT2D eigenvalue weighted by atomic mass is 32.2. The number of aromatic nitrogens is 2. The first-order valence-electron chi connectivity index (χ1n) is 8.42. The van der Waals surface area contributed by atoms with Crippen molar-refractivity contribution in [3.63, 3.8) is 0 Å². The average Bonchev–Trinajstić information content (AvgIpc) is 2.60. The minimum atomic E-state index is -0.874. The van der Waals surface area contributed by atoms with E-state index in [-0.39, 0.29) is 23.7 Å². The Morgan fingerprint density at radius 2 is 2.04 bits per heavy atom. The van der Waals surface area contributed by atoms with Crippen LogP contribution in [0.1, 0.15) is 36.8 Å². The van der Waals surface area contributed by atoms with Crippen molar-refractivity contribution in [2.45, 2.75) is 37.8 Å². The van der Waals surface area contributed by atoms with Crippen LogP contribution in [0.3, 0.4) is 0 Å². The molecular formula is C18H20N4O3S. The van der Waals surface area contributed by atoms with Gasteiger partial charge in [0.1, 0.15) is 5.82 Å². The molecule has 7 nitrogen and oxygen atoms in total. The van der Waals surface area contributed by atoms with Gasteiger partial charge < -0.3 is 15.6 Å². The Balaban J connectivity index is 1.90. The summed E-state index contributed by atoms with van der Waals surface area (Å²) < 4.78 is 0. The predicted octanol–water partition coefficient (Wildman–Crippen LogP) is 2.64. The number of rotatable bonds is 5. The van der Waals surface area contributed by atoms with E-state index in [1.165, 1.54) is 11.8 Å².